The summed E-state index contributed by atoms with van der Waals surface area (Å²) in [6.45, 7) is 2.56. The number of nitrogens with one attached hydrogen (secondary N) is 2. The van der Waals surface area contributed by atoms with E-state index in [2.05, 4.69) is 10.6 Å². The van der Waals surface area contributed by atoms with E-state index in [0.717, 1.165) is 16.8 Å². The summed E-state index contributed by atoms with van der Waals surface area (Å²) in [6.07, 6.45) is 3.03. The van der Waals surface area contributed by atoms with Gasteiger partial charge < -0.3 is 15.4 Å². The van der Waals surface area contributed by atoms with Crippen molar-refractivity contribution in [1.82, 2.24) is 5.32 Å². The Bertz CT molecular complexity index is 756. The lowest BCUT2D eigenvalue weighted by Crippen LogP contribution is -2.29. The average Bonchev–Trinajstić information content (AvgIpc) is 2.65. The van der Waals surface area contributed by atoms with Crippen LogP contribution in [0.4, 0.5) is 10.1 Å². The second-order valence-electron chi connectivity index (χ2n) is 5.46. The van der Waals surface area contributed by atoms with E-state index in [0.29, 0.717) is 13.2 Å². The predicted molar refractivity (Wildman–Crippen MR) is 98.8 cm³/mol. The Hall–Kier alpha value is -3.15. The van der Waals surface area contributed by atoms with Crippen molar-refractivity contribution in [2.75, 3.05) is 18.5 Å². The third kappa shape index (κ3) is 6.76. The predicted octanol–water partition coefficient (Wildman–Crippen LogP) is 3.13. The molecule has 0 saturated heterocycles. The second kappa shape index (κ2) is 9.98. The highest BCUT2D eigenvalue weighted by Crippen LogP contribution is 2.10. The Morgan fingerprint density at radius 3 is 2.42 bits per heavy atom. The van der Waals surface area contributed by atoms with Crippen molar-refractivity contribution in [1.29, 1.82) is 0 Å². The largest absolute Gasteiger partial charge is 0.463 e. The van der Waals surface area contributed by atoms with Crippen molar-refractivity contribution in [2.45, 2.75) is 13.5 Å². The zero-order valence-electron chi connectivity index (χ0n) is 14.5. The first-order valence-corrected chi connectivity index (χ1v) is 8.26. The lowest BCUT2D eigenvalue weighted by Gasteiger charge is -2.08. The van der Waals surface area contributed by atoms with Gasteiger partial charge in [0, 0.05) is 18.3 Å². The molecular weight excluding hydrogens is 335 g/mol. The van der Waals surface area contributed by atoms with Crippen LogP contribution in [0.15, 0.2) is 54.6 Å². The minimum Gasteiger partial charge on any atom is -0.463 e. The van der Waals surface area contributed by atoms with E-state index >= 15 is 0 Å². The molecule has 0 fully saturated rings. The summed E-state index contributed by atoms with van der Waals surface area (Å²) in [7, 11) is 0. The lowest BCUT2D eigenvalue weighted by molar-refractivity contribution is -0.137. The molecule has 0 atom stereocenters. The fourth-order valence-electron chi connectivity index (χ4n) is 2.11. The van der Waals surface area contributed by atoms with Gasteiger partial charge in [0.15, 0.2) is 0 Å². The SMILES string of the molecule is CCOC(=O)/C=C/c1ccc(NCC(=O)NCc2ccc(F)cc2)cc1. The Labute approximate surface area is 151 Å². The molecule has 2 aromatic carbocycles. The van der Waals surface area contributed by atoms with Crippen molar-refractivity contribution < 1.29 is 18.7 Å². The van der Waals surface area contributed by atoms with Crippen molar-refractivity contribution in [3.8, 4) is 0 Å². The van der Waals surface area contributed by atoms with Crippen molar-refractivity contribution in [2.24, 2.45) is 0 Å². The van der Waals surface area contributed by atoms with Crippen LogP contribution in [-0.4, -0.2) is 25.0 Å². The van der Waals surface area contributed by atoms with E-state index in [4.69, 9.17) is 4.74 Å². The monoisotopic (exact) mass is 356 g/mol. The number of carbonyl (C=O) groups excluding carboxylic acids is 2. The van der Waals surface area contributed by atoms with Gasteiger partial charge in [0.25, 0.3) is 0 Å². The molecule has 0 saturated carbocycles. The quantitative estimate of drug-likeness (QED) is 0.563. The average molecular weight is 356 g/mol. The number of amides is 1. The highest BCUT2D eigenvalue weighted by molar-refractivity contribution is 5.87. The van der Waals surface area contributed by atoms with E-state index in [9.17, 15) is 14.0 Å². The third-order valence-electron chi connectivity index (χ3n) is 3.47. The molecule has 136 valence electrons. The van der Waals surface area contributed by atoms with Crippen LogP contribution in [-0.2, 0) is 20.9 Å². The molecule has 0 bridgehead atoms. The molecule has 0 spiro atoms. The van der Waals surface area contributed by atoms with Gasteiger partial charge in [0.2, 0.25) is 5.91 Å². The van der Waals surface area contributed by atoms with Crippen LogP contribution in [0.3, 0.4) is 0 Å². The summed E-state index contributed by atoms with van der Waals surface area (Å²) in [4.78, 5) is 23.1. The van der Waals surface area contributed by atoms with Gasteiger partial charge in [-0.15, -0.1) is 0 Å². The van der Waals surface area contributed by atoms with Crippen LogP contribution in [0.5, 0.6) is 0 Å². The maximum atomic E-state index is 12.8. The van der Waals surface area contributed by atoms with Crippen LogP contribution >= 0.6 is 0 Å². The van der Waals surface area contributed by atoms with Gasteiger partial charge in [-0.05, 0) is 48.4 Å². The molecular formula is C20H21FN2O3. The van der Waals surface area contributed by atoms with Crippen LogP contribution in [0.25, 0.3) is 6.08 Å². The van der Waals surface area contributed by atoms with Crippen molar-refractivity contribution in [3.05, 3.63) is 71.6 Å². The minimum absolute atomic E-state index is 0.124. The first-order valence-electron chi connectivity index (χ1n) is 8.26. The molecule has 0 aromatic heterocycles. The molecule has 2 N–H and O–H groups in total. The summed E-state index contributed by atoms with van der Waals surface area (Å²) in [5, 5.41) is 5.77. The number of carbonyl (C=O) groups is 2. The topological polar surface area (TPSA) is 67.4 Å². The number of benzene rings is 2. The highest BCUT2D eigenvalue weighted by atomic mass is 19.1. The normalized spacial score (nSPS) is 10.5. The molecule has 5 nitrogen and oxygen atoms in total. The Morgan fingerprint density at radius 1 is 1.08 bits per heavy atom. The fourth-order valence-corrected chi connectivity index (χ4v) is 2.11. The molecule has 0 unspecified atom stereocenters. The third-order valence-corrected chi connectivity index (χ3v) is 3.47. The molecule has 0 aliphatic heterocycles. The smallest absolute Gasteiger partial charge is 0.330 e. The molecule has 0 aliphatic rings. The summed E-state index contributed by atoms with van der Waals surface area (Å²) >= 11 is 0. The Kier molecular flexibility index (Phi) is 7.36. The van der Waals surface area contributed by atoms with Crippen molar-refractivity contribution in [3.63, 3.8) is 0 Å². The van der Waals surface area contributed by atoms with Gasteiger partial charge in [-0.1, -0.05) is 24.3 Å². The number of hydrogen-bond acceptors (Lipinski definition) is 4. The number of esters is 1. The van der Waals surface area contributed by atoms with Gasteiger partial charge >= 0.3 is 5.97 Å². The van der Waals surface area contributed by atoms with Crippen LogP contribution in [0.2, 0.25) is 0 Å². The molecule has 2 aromatic rings. The Balaban J connectivity index is 1.75. The summed E-state index contributed by atoms with van der Waals surface area (Å²) in [5.41, 5.74) is 2.47. The maximum Gasteiger partial charge on any atom is 0.330 e. The molecule has 2 rings (SSSR count). The molecule has 26 heavy (non-hydrogen) atoms. The van der Waals surface area contributed by atoms with Gasteiger partial charge in [-0.2, -0.15) is 0 Å². The van der Waals surface area contributed by atoms with Crippen LogP contribution < -0.4 is 10.6 Å². The minimum atomic E-state index is -0.382. The van der Waals surface area contributed by atoms with E-state index in [1.54, 1.807) is 25.1 Å². The van der Waals surface area contributed by atoms with E-state index < -0.39 is 0 Å². The van der Waals surface area contributed by atoms with Crippen LogP contribution in [0.1, 0.15) is 18.1 Å². The number of ether oxygens (including phenoxy) is 1. The molecule has 6 heteroatoms. The van der Waals surface area contributed by atoms with Crippen molar-refractivity contribution >= 4 is 23.6 Å². The lowest BCUT2D eigenvalue weighted by atomic mass is 10.2. The number of halogens is 1. The zero-order chi connectivity index (χ0) is 18.8. The highest BCUT2D eigenvalue weighted by Gasteiger charge is 2.02. The molecule has 0 radical (unpaired) electrons. The number of anilines is 1. The zero-order valence-corrected chi connectivity index (χ0v) is 14.5. The molecule has 1 amide bonds. The molecule has 0 heterocycles. The van der Waals surface area contributed by atoms with E-state index in [1.807, 2.05) is 24.3 Å². The fraction of sp³-hybridized carbons (Fsp3) is 0.200. The van der Waals surface area contributed by atoms with Gasteiger partial charge in [-0.3, -0.25) is 4.79 Å². The summed E-state index contributed by atoms with van der Waals surface area (Å²) in [6, 6.07) is 13.3. The first-order chi connectivity index (χ1) is 12.6. The standard InChI is InChI=1S/C20H21FN2O3/c1-2-26-20(25)12-7-15-5-10-18(11-6-15)22-14-19(24)23-13-16-3-8-17(21)9-4-16/h3-12,22H,2,13-14H2,1H3,(H,23,24)/b12-7+. The van der Waals surface area contributed by atoms with E-state index in [-0.39, 0.29) is 24.2 Å². The summed E-state index contributed by atoms with van der Waals surface area (Å²) in [5.74, 6) is -0.851. The van der Waals surface area contributed by atoms with E-state index in [1.165, 1.54) is 18.2 Å². The van der Waals surface area contributed by atoms with Gasteiger partial charge in [0.1, 0.15) is 5.82 Å². The Morgan fingerprint density at radius 2 is 1.77 bits per heavy atom. The van der Waals surface area contributed by atoms with Crippen LogP contribution in [0, 0.1) is 5.82 Å². The first kappa shape index (κ1) is 19.2. The number of hydrogen-bond donors (Lipinski definition) is 2. The maximum absolute atomic E-state index is 12.8. The summed E-state index contributed by atoms with van der Waals surface area (Å²) < 4.78 is 17.6. The van der Waals surface area contributed by atoms with Gasteiger partial charge in [-0.25, -0.2) is 9.18 Å². The van der Waals surface area contributed by atoms with Gasteiger partial charge in [0.05, 0.1) is 13.2 Å². The number of rotatable bonds is 8. The second-order valence-corrected chi connectivity index (χ2v) is 5.46. The molecule has 0 aliphatic carbocycles.